The summed E-state index contributed by atoms with van der Waals surface area (Å²) >= 11 is 0. The lowest BCUT2D eigenvalue weighted by Crippen LogP contribution is -2.29. The normalized spacial score (nSPS) is 30.0. The number of rotatable bonds is 3. The van der Waals surface area contributed by atoms with Crippen LogP contribution < -0.4 is 5.32 Å². The van der Waals surface area contributed by atoms with E-state index in [0.717, 1.165) is 0 Å². The number of nitrogens with one attached hydrogen (secondary N) is 1. The Kier molecular flexibility index (Phi) is 3.24. The fourth-order valence-corrected chi connectivity index (χ4v) is 2.31. The molecule has 20 heavy (non-hydrogen) atoms. The summed E-state index contributed by atoms with van der Waals surface area (Å²) in [6.07, 6.45) is -2.35. The molecule has 0 bridgehead atoms. The summed E-state index contributed by atoms with van der Waals surface area (Å²) < 4.78 is 20.5. The zero-order valence-electron chi connectivity index (χ0n) is 10.6. The van der Waals surface area contributed by atoms with Crippen LogP contribution in [-0.4, -0.2) is 61.8 Å². The Balaban J connectivity index is 2.03. The first-order valence-corrected chi connectivity index (χ1v) is 6.11. The molecule has 1 fully saturated rings. The molecule has 0 aromatic carbocycles. The molecule has 0 amide bonds. The van der Waals surface area contributed by atoms with Gasteiger partial charge in [0.15, 0.2) is 23.9 Å². The van der Waals surface area contributed by atoms with Gasteiger partial charge >= 0.3 is 0 Å². The van der Waals surface area contributed by atoms with Gasteiger partial charge in [-0.05, 0) is 0 Å². The first kappa shape index (κ1) is 13.2. The number of alkyl halides is 1. The summed E-state index contributed by atoms with van der Waals surface area (Å²) in [7, 11) is 1.70. The fourth-order valence-electron chi connectivity index (χ4n) is 2.31. The van der Waals surface area contributed by atoms with Gasteiger partial charge in [-0.1, -0.05) is 0 Å². The van der Waals surface area contributed by atoms with Crippen LogP contribution in [0, 0.1) is 0 Å². The Morgan fingerprint density at radius 2 is 2.25 bits per heavy atom. The Labute approximate surface area is 113 Å². The molecule has 3 heterocycles. The molecule has 2 aromatic heterocycles. The standard InChI is InChI=1S/C11H14FN5O3/c1-13-9-7-10(15-3-14-9)17(4-16-7)11-8(19)6(12)5(2-18)20-11/h3-6,8,11,18-19H,2H2,1H3,(H,13,14,15). The minimum atomic E-state index is -1.66. The zero-order chi connectivity index (χ0) is 14.3. The van der Waals surface area contributed by atoms with Gasteiger partial charge in [-0.2, -0.15) is 0 Å². The highest BCUT2D eigenvalue weighted by molar-refractivity contribution is 5.82. The summed E-state index contributed by atoms with van der Waals surface area (Å²) in [6.45, 7) is -0.502. The molecule has 4 unspecified atom stereocenters. The van der Waals surface area contributed by atoms with E-state index in [1.54, 1.807) is 7.05 Å². The highest BCUT2D eigenvalue weighted by atomic mass is 19.1. The van der Waals surface area contributed by atoms with Crippen molar-refractivity contribution in [1.29, 1.82) is 0 Å². The van der Waals surface area contributed by atoms with Crippen molar-refractivity contribution in [3.05, 3.63) is 12.7 Å². The topological polar surface area (TPSA) is 105 Å². The van der Waals surface area contributed by atoms with E-state index in [-0.39, 0.29) is 0 Å². The number of fused-ring (bicyclic) bond motifs is 1. The Hall–Kier alpha value is -1.84. The van der Waals surface area contributed by atoms with Crippen molar-refractivity contribution in [3.8, 4) is 0 Å². The number of hydrogen-bond donors (Lipinski definition) is 3. The second-order valence-corrected chi connectivity index (χ2v) is 4.48. The lowest BCUT2D eigenvalue weighted by molar-refractivity contribution is -0.0495. The van der Waals surface area contributed by atoms with Gasteiger partial charge in [0.25, 0.3) is 0 Å². The predicted molar refractivity (Wildman–Crippen MR) is 66.8 cm³/mol. The van der Waals surface area contributed by atoms with Gasteiger partial charge in [0.05, 0.1) is 12.9 Å². The van der Waals surface area contributed by atoms with E-state index >= 15 is 0 Å². The molecule has 4 atom stereocenters. The van der Waals surface area contributed by atoms with Crippen molar-refractivity contribution in [3.63, 3.8) is 0 Å². The first-order chi connectivity index (χ1) is 9.67. The number of aliphatic hydroxyl groups is 2. The number of halogens is 1. The molecule has 0 saturated carbocycles. The molecular formula is C11H14FN5O3. The molecule has 108 valence electrons. The fraction of sp³-hybridized carbons (Fsp3) is 0.545. The van der Waals surface area contributed by atoms with Crippen molar-refractivity contribution in [1.82, 2.24) is 19.5 Å². The number of anilines is 1. The maximum Gasteiger partial charge on any atom is 0.167 e. The maximum atomic E-state index is 13.8. The van der Waals surface area contributed by atoms with Crippen molar-refractivity contribution >= 4 is 17.0 Å². The van der Waals surface area contributed by atoms with Gasteiger partial charge in [-0.25, -0.2) is 19.3 Å². The summed E-state index contributed by atoms with van der Waals surface area (Å²) in [6, 6.07) is 0. The lowest BCUT2D eigenvalue weighted by atomic mass is 10.1. The van der Waals surface area contributed by atoms with E-state index in [0.29, 0.717) is 17.0 Å². The van der Waals surface area contributed by atoms with Gasteiger partial charge in [0.1, 0.15) is 24.1 Å². The third-order valence-corrected chi connectivity index (χ3v) is 3.34. The second kappa shape index (κ2) is 4.93. The van der Waals surface area contributed by atoms with Crippen LogP contribution in [0.5, 0.6) is 0 Å². The predicted octanol–water partition coefficient (Wildman–Crippen LogP) is -0.543. The van der Waals surface area contributed by atoms with Crippen LogP contribution >= 0.6 is 0 Å². The Morgan fingerprint density at radius 1 is 1.45 bits per heavy atom. The van der Waals surface area contributed by atoms with Crippen molar-refractivity contribution in [2.45, 2.75) is 24.6 Å². The van der Waals surface area contributed by atoms with Crippen LogP contribution in [-0.2, 0) is 4.74 Å². The van der Waals surface area contributed by atoms with Crippen LogP contribution in [0.25, 0.3) is 11.2 Å². The summed E-state index contributed by atoms with van der Waals surface area (Å²) in [5, 5.41) is 21.8. The number of aliphatic hydroxyl groups excluding tert-OH is 2. The van der Waals surface area contributed by atoms with Gasteiger partial charge in [-0.3, -0.25) is 4.57 Å². The third-order valence-electron chi connectivity index (χ3n) is 3.34. The van der Waals surface area contributed by atoms with Gasteiger partial charge < -0.3 is 20.3 Å². The van der Waals surface area contributed by atoms with E-state index in [2.05, 4.69) is 20.3 Å². The van der Waals surface area contributed by atoms with Crippen LogP contribution in [0.1, 0.15) is 6.23 Å². The number of hydrogen-bond acceptors (Lipinski definition) is 7. The van der Waals surface area contributed by atoms with Crippen molar-refractivity contribution in [2.75, 3.05) is 19.0 Å². The van der Waals surface area contributed by atoms with E-state index in [9.17, 15) is 9.50 Å². The Bertz CT molecular complexity index is 621. The molecule has 1 aliphatic heterocycles. The third kappa shape index (κ3) is 1.82. The SMILES string of the molecule is CNc1ncnc2c1ncn2C1OC(CO)C(F)C1O. The first-order valence-electron chi connectivity index (χ1n) is 6.11. The molecule has 9 heteroatoms. The average Bonchev–Trinajstić information content (AvgIpc) is 3.01. The Morgan fingerprint density at radius 3 is 2.90 bits per heavy atom. The number of nitrogens with zero attached hydrogens (tertiary/aromatic N) is 4. The van der Waals surface area contributed by atoms with Gasteiger partial charge in [0, 0.05) is 7.05 Å². The molecule has 2 aromatic rings. The molecule has 0 spiro atoms. The molecule has 8 nitrogen and oxygen atoms in total. The minimum Gasteiger partial charge on any atom is -0.394 e. The van der Waals surface area contributed by atoms with Crippen molar-refractivity contribution < 1.29 is 19.3 Å². The molecule has 0 aliphatic carbocycles. The number of ether oxygens (including phenoxy) is 1. The zero-order valence-corrected chi connectivity index (χ0v) is 10.6. The van der Waals surface area contributed by atoms with Crippen LogP contribution in [0.15, 0.2) is 12.7 Å². The van der Waals surface area contributed by atoms with Crippen LogP contribution in [0.3, 0.4) is 0 Å². The second-order valence-electron chi connectivity index (χ2n) is 4.48. The van der Waals surface area contributed by atoms with E-state index < -0.39 is 31.2 Å². The lowest BCUT2D eigenvalue weighted by Gasteiger charge is -2.16. The van der Waals surface area contributed by atoms with Crippen LogP contribution in [0.2, 0.25) is 0 Å². The van der Waals surface area contributed by atoms with Crippen LogP contribution in [0.4, 0.5) is 10.2 Å². The molecular weight excluding hydrogens is 269 g/mol. The van der Waals surface area contributed by atoms with Crippen molar-refractivity contribution in [2.24, 2.45) is 0 Å². The maximum absolute atomic E-state index is 13.8. The largest absolute Gasteiger partial charge is 0.394 e. The molecule has 1 saturated heterocycles. The smallest absolute Gasteiger partial charge is 0.167 e. The monoisotopic (exact) mass is 283 g/mol. The minimum absolute atomic E-state index is 0.416. The molecule has 1 aliphatic rings. The van der Waals surface area contributed by atoms with Gasteiger partial charge in [0.2, 0.25) is 0 Å². The molecule has 3 rings (SSSR count). The number of aromatic nitrogens is 4. The highest BCUT2D eigenvalue weighted by Gasteiger charge is 2.45. The van der Waals surface area contributed by atoms with Gasteiger partial charge in [-0.15, -0.1) is 0 Å². The average molecular weight is 283 g/mol. The molecule has 3 N–H and O–H groups in total. The summed E-state index contributed by atoms with van der Waals surface area (Å²) in [5.74, 6) is 0.525. The summed E-state index contributed by atoms with van der Waals surface area (Å²) in [5.41, 5.74) is 0.910. The number of imidazole rings is 1. The quantitative estimate of drug-likeness (QED) is 0.694. The molecule has 0 radical (unpaired) electrons. The highest BCUT2D eigenvalue weighted by Crippen LogP contribution is 2.33. The van der Waals surface area contributed by atoms with E-state index in [4.69, 9.17) is 9.84 Å². The summed E-state index contributed by atoms with van der Waals surface area (Å²) in [4.78, 5) is 12.2. The van der Waals surface area contributed by atoms with E-state index in [1.165, 1.54) is 17.2 Å². The van der Waals surface area contributed by atoms with E-state index in [1.807, 2.05) is 0 Å².